The van der Waals surface area contributed by atoms with Crippen molar-refractivity contribution in [2.24, 2.45) is 0 Å². The quantitative estimate of drug-likeness (QED) is 0.768. The number of hydrogen-bond acceptors (Lipinski definition) is 3. The minimum atomic E-state index is 0.336. The molecule has 106 valence electrons. The first-order valence-corrected chi connectivity index (χ1v) is 7.02. The zero-order chi connectivity index (χ0) is 14.5. The van der Waals surface area contributed by atoms with E-state index in [0.717, 1.165) is 16.8 Å². The Bertz CT molecular complexity index is 602. The second-order valence-electron chi connectivity index (χ2n) is 4.30. The predicted octanol–water partition coefficient (Wildman–Crippen LogP) is 4.37. The molecule has 0 unspecified atom stereocenters. The molecule has 0 spiro atoms. The maximum absolute atomic E-state index is 6.21. The van der Waals surface area contributed by atoms with Crippen LogP contribution in [0.5, 0.6) is 11.5 Å². The van der Waals surface area contributed by atoms with Crippen LogP contribution < -0.4 is 9.47 Å². The maximum Gasteiger partial charge on any atom is 0.180 e. The van der Waals surface area contributed by atoms with Crippen LogP contribution in [0.2, 0.25) is 5.02 Å². The third kappa shape index (κ3) is 3.35. The highest BCUT2D eigenvalue weighted by Gasteiger charge is 2.12. The first kappa shape index (κ1) is 14.9. The molecule has 5 heteroatoms. The third-order valence-electron chi connectivity index (χ3n) is 2.91. The van der Waals surface area contributed by atoms with Crippen LogP contribution >= 0.6 is 23.2 Å². The first-order valence-electron chi connectivity index (χ1n) is 6.11. The molecule has 0 aliphatic rings. The second kappa shape index (κ2) is 6.82. The lowest BCUT2D eigenvalue weighted by molar-refractivity contribution is 0.280. The van der Waals surface area contributed by atoms with Crippen LogP contribution in [0.15, 0.2) is 30.5 Å². The minimum absolute atomic E-state index is 0.336. The molecule has 0 aliphatic heterocycles. The van der Waals surface area contributed by atoms with Crippen molar-refractivity contribution in [1.29, 1.82) is 0 Å². The topological polar surface area (TPSA) is 31.4 Å². The van der Waals surface area contributed by atoms with Crippen LogP contribution in [-0.2, 0) is 12.5 Å². The molecule has 0 atom stereocenters. The van der Waals surface area contributed by atoms with Crippen molar-refractivity contribution in [3.05, 3.63) is 52.3 Å². The normalized spacial score (nSPS) is 10.4. The van der Waals surface area contributed by atoms with Gasteiger partial charge in [-0.1, -0.05) is 17.7 Å². The molecular formula is C15H15Cl2NO2. The largest absolute Gasteiger partial charge is 0.493 e. The third-order valence-corrected chi connectivity index (χ3v) is 3.50. The summed E-state index contributed by atoms with van der Waals surface area (Å²) in [6.45, 7) is 2.32. The van der Waals surface area contributed by atoms with Gasteiger partial charge in [0.15, 0.2) is 11.5 Å². The van der Waals surface area contributed by atoms with E-state index in [1.807, 2.05) is 25.1 Å². The summed E-state index contributed by atoms with van der Waals surface area (Å²) in [6.07, 6.45) is 1.74. The van der Waals surface area contributed by atoms with E-state index in [2.05, 4.69) is 4.98 Å². The molecule has 0 aliphatic carbocycles. The number of nitrogens with zero attached hydrogens (tertiary/aromatic N) is 1. The Hall–Kier alpha value is -1.45. The summed E-state index contributed by atoms with van der Waals surface area (Å²) >= 11 is 12.0. The van der Waals surface area contributed by atoms with Crippen molar-refractivity contribution in [3.8, 4) is 11.5 Å². The molecule has 0 saturated heterocycles. The SMILES string of the molecule is COc1cc(CCl)cc(Cl)c1OCc1ncccc1C. The average Bonchev–Trinajstić information content (AvgIpc) is 2.46. The van der Waals surface area contributed by atoms with Crippen molar-refractivity contribution < 1.29 is 9.47 Å². The van der Waals surface area contributed by atoms with Gasteiger partial charge in [0, 0.05) is 12.1 Å². The monoisotopic (exact) mass is 311 g/mol. The Morgan fingerprint density at radius 2 is 2.10 bits per heavy atom. The van der Waals surface area contributed by atoms with Crippen LogP contribution in [0.25, 0.3) is 0 Å². The number of halogens is 2. The molecule has 0 radical (unpaired) electrons. The van der Waals surface area contributed by atoms with E-state index < -0.39 is 0 Å². The molecule has 20 heavy (non-hydrogen) atoms. The summed E-state index contributed by atoms with van der Waals surface area (Å²) in [7, 11) is 1.57. The van der Waals surface area contributed by atoms with Gasteiger partial charge < -0.3 is 9.47 Å². The lowest BCUT2D eigenvalue weighted by Gasteiger charge is -2.14. The number of alkyl halides is 1. The number of aryl methyl sites for hydroxylation is 1. The van der Waals surface area contributed by atoms with E-state index in [0.29, 0.717) is 29.0 Å². The van der Waals surface area contributed by atoms with E-state index in [1.165, 1.54) is 0 Å². The molecule has 0 bridgehead atoms. The highest BCUT2D eigenvalue weighted by molar-refractivity contribution is 6.32. The Kier molecular flexibility index (Phi) is 5.10. The molecule has 3 nitrogen and oxygen atoms in total. The van der Waals surface area contributed by atoms with Crippen molar-refractivity contribution in [2.75, 3.05) is 7.11 Å². The summed E-state index contributed by atoms with van der Waals surface area (Å²) in [4.78, 5) is 4.28. The molecule has 1 aromatic carbocycles. The molecular weight excluding hydrogens is 297 g/mol. The number of methoxy groups -OCH3 is 1. The van der Waals surface area contributed by atoms with Gasteiger partial charge in [-0.3, -0.25) is 4.98 Å². The van der Waals surface area contributed by atoms with Gasteiger partial charge in [-0.05, 0) is 36.2 Å². The zero-order valence-electron chi connectivity index (χ0n) is 11.3. The summed E-state index contributed by atoms with van der Waals surface area (Å²) in [6, 6.07) is 7.47. The molecule has 1 aromatic heterocycles. The fourth-order valence-electron chi connectivity index (χ4n) is 1.80. The number of hydrogen-bond donors (Lipinski definition) is 0. The van der Waals surface area contributed by atoms with E-state index in [1.54, 1.807) is 19.4 Å². The first-order chi connectivity index (χ1) is 9.65. The van der Waals surface area contributed by atoms with Gasteiger partial charge in [0.25, 0.3) is 0 Å². The zero-order valence-corrected chi connectivity index (χ0v) is 12.8. The van der Waals surface area contributed by atoms with Crippen molar-refractivity contribution >= 4 is 23.2 Å². The fourth-order valence-corrected chi connectivity index (χ4v) is 2.24. The van der Waals surface area contributed by atoms with Crippen molar-refractivity contribution in [3.63, 3.8) is 0 Å². The Morgan fingerprint density at radius 1 is 1.30 bits per heavy atom. The summed E-state index contributed by atoms with van der Waals surface area (Å²) in [5.74, 6) is 1.45. The van der Waals surface area contributed by atoms with E-state index in [9.17, 15) is 0 Å². The Morgan fingerprint density at radius 3 is 2.75 bits per heavy atom. The number of aromatic nitrogens is 1. The van der Waals surface area contributed by atoms with Crippen molar-refractivity contribution in [1.82, 2.24) is 4.98 Å². The van der Waals surface area contributed by atoms with Gasteiger partial charge in [-0.2, -0.15) is 0 Å². The number of rotatable bonds is 5. The Balaban J connectivity index is 2.23. The predicted molar refractivity (Wildman–Crippen MR) is 80.9 cm³/mol. The van der Waals surface area contributed by atoms with E-state index in [-0.39, 0.29) is 0 Å². The van der Waals surface area contributed by atoms with Gasteiger partial charge >= 0.3 is 0 Å². The van der Waals surface area contributed by atoms with Crippen LogP contribution in [0.3, 0.4) is 0 Å². The fraction of sp³-hybridized carbons (Fsp3) is 0.267. The van der Waals surface area contributed by atoms with Crippen molar-refractivity contribution in [2.45, 2.75) is 19.4 Å². The van der Waals surface area contributed by atoms with Gasteiger partial charge in [0.2, 0.25) is 0 Å². The molecule has 1 heterocycles. The molecule has 0 fully saturated rings. The highest BCUT2D eigenvalue weighted by atomic mass is 35.5. The molecule has 2 aromatic rings. The van der Waals surface area contributed by atoms with E-state index in [4.69, 9.17) is 32.7 Å². The van der Waals surface area contributed by atoms with E-state index >= 15 is 0 Å². The van der Waals surface area contributed by atoms with Crippen LogP contribution in [0.4, 0.5) is 0 Å². The highest BCUT2D eigenvalue weighted by Crippen LogP contribution is 2.37. The van der Waals surface area contributed by atoms with Gasteiger partial charge in [0.05, 0.1) is 17.8 Å². The number of pyridine rings is 1. The molecule has 0 saturated carbocycles. The lowest BCUT2D eigenvalue weighted by Crippen LogP contribution is -2.02. The summed E-state index contributed by atoms with van der Waals surface area (Å²) in [5.41, 5.74) is 2.82. The maximum atomic E-state index is 6.21. The molecule has 2 rings (SSSR count). The Labute approximate surface area is 128 Å². The summed E-state index contributed by atoms with van der Waals surface area (Å²) in [5, 5.41) is 0.480. The standard InChI is InChI=1S/C15H15Cl2NO2/c1-10-4-3-5-18-13(10)9-20-15-12(17)6-11(8-16)7-14(15)19-2/h3-7H,8-9H2,1-2H3. The van der Waals surface area contributed by atoms with Gasteiger partial charge in [0.1, 0.15) is 6.61 Å². The van der Waals surface area contributed by atoms with Crippen LogP contribution in [0.1, 0.15) is 16.8 Å². The number of ether oxygens (including phenoxy) is 2. The number of benzene rings is 1. The van der Waals surface area contributed by atoms with Crippen LogP contribution in [-0.4, -0.2) is 12.1 Å². The smallest absolute Gasteiger partial charge is 0.180 e. The van der Waals surface area contributed by atoms with Crippen LogP contribution in [0, 0.1) is 6.92 Å². The minimum Gasteiger partial charge on any atom is -0.493 e. The molecule has 0 N–H and O–H groups in total. The second-order valence-corrected chi connectivity index (χ2v) is 4.97. The lowest BCUT2D eigenvalue weighted by atomic mass is 10.2. The molecule has 0 amide bonds. The summed E-state index contributed by atoms with van der Waals surface area (Å²) < 4.78 is 11.1. The van der Waals surface area contributed by atoms with Gasteiger partial charge in [-0.25, -0.2) is 0 Å². The average molecular weight is 312 g/mol. The van der Waals surface area contributed by atoms with Gasteiger partial charge in [-0.15, -0.1) is 11.6 Å².